The summed E-state index contributed by atoms with van der Waals surface area (Å²) < 4.78 is 37.7. The summed E-state index contributed by atoms with van der Waals surface area (Å²) in [4.78, 5) is 4.13. The molecule has 0 spiro atoms. The summed E-state index contributed by atoms with van der Waals surface area (Å²) in [6.07, 6.45) is 4.24. The predicted molar refractivity (Wildman–Crippen MR) is 136 cm³/mol. The highest BCUT2D eigenvalue weighted by atomic mass is 32.2. The van der Waals surface area contributed by atoms with Crippen molar-refractivity contribution in [2.45, 2.75) is 116 Å². The van der Waals surface area contributed by atoms with Crippen LogP contribution in [-0.4, -0.2) is 34.4 Å². The van der Waals surface area contributed by atoms with Crippen LogP contribution in [0.2, 0.25) is 18.1 Å². The molecule has 1 heterocycles. The second kappa shape index (κ2) is 9.20. The van der Waals surface area contributed by atoms with Crippen LogP contribution < -0.4 is 4.72 Å². The molecule has 1 aromatic rings. The van der Waals surface area contributed by atoms with E-state index < -0.39 is 35.6 Å². The van der Waals surface area contributed by atoms with Crippen LogP contribution in [0.25, 0.3) is 0 Å². The number of hydrogen-bond acceptors (Lipinski definition) is 3. The molecule has 184 valence electrons. The minimum atomic E-state index is -2.08. The number of nitrogens with zero attached hydrogens (tertiary/aromatic N) is 1. The Balaban J connectivity index is 2.46. The Morgan fingerprint density at radius 1 is 1.16 bits per heavy atom. The van der Waals surface area contributed by atoms with Gasteiger partial charge in [0.05, 0.1) is 21.3 Å². The first-order chi connectivity index (χ1) is 14.3. The van der Waals surface area contributed by atoms with Crippen molar-refractivity contribution < 1.29 is 13.0 Å². The molecule has 7 heteroatoms. The Morgan fingerprint density at radius 3 is 2.16 bits per heavy atom. The molecule has 4 nitrogen and oxygen atoms in total. The molecule has 2 atom stereocenters. The first kappa shape index (κ1) is 27.6. The summed E-state index contributed by atoms with van der Waals surface area (Å²) in [6.45, 7) is 23.9. The van der Waals surface area contributed by atoms with Crippen molar-refractivity contribution >= 4 is 19.3 Å². The Labute approximate surface area is 199 Å². The van der Waals surface area contributed by atoms with Crippen LogP contribution in [0.1, 0.15) is 92.2 Å². The minimum Gasteiger partial charge on any atom is -0.411 e. The highest BCUT2D eigenvalue weighted by Crippen LogP contribution is 2.55. The van der Waals surface area contributed by atoms with Gasteiger partial charge in [-0.25, -0.2) is 13.9 Å². The molecule has 1 saturated carbocycles. The van der Waals surface area contributed by atoms with E-state index in [0.717, 1.165) is 24.8 Å². The van der Waals surface area contributed by atoms with Crippen LogP contribution >= 0.6 is 0 Å². The number of rotatable bonds is 8. The first-order valence-electron chi connectivity index (χ1n) is 11.8. The van der Waals surface area contributed by atoms with Crippen molar-refractivity contribution in [2.75, 3.05) is 6.54 Å². The van der Waals surface area contributed by atoms with Gasteiger partial charge >= 0.3 is 0 Å². The van der Waals surface area contributed by atoms with Crippen LogP contribution in [0.4, 0.5) is 4.39 Å². The van der Waals surface area contributed by atoms with Crippen molar-refractivity contribution in [2.24, 2.45) is 5.41 Å². The number of pyridine rings is 1. The fourth-order valence-corrected chi connectivity index (χ4v) is 6.15. The summed E-state index contributed by atoms with van der Waals surface area (Å²) >= 11 is 0. The third-order valence-corrected chi connectivity index (χ3v) is 12.7. The molecule has 0 aliphatic heterocycles. The summed E-state index contributed by atoms with van der Waals surface area (Å²) in [5, 5.41) is 0.0552. The maximum Gasteiger partial charge on any atom is 0.216 e. The molecule has 32 heavy (non-hydrogen) atoms. The van der Waals surface area contributed by atoms with Crippen molar-refractivity contribution in [1.29, 1.82) is 0 Å². The third-order valence-electron chi connectivity index (χ3n) is 6.65. The van der Waals surface area contributed by atoms with Crippen LogP contribution in [-0.2, 0) is 21.8 Å². The summed E-state index contributed by atoms with van der Waals surface area (Å²) in [7, 11) is -3.33. The van der Waals surface area contributed by atoms with E-state index in [1.54, 1.807) is 6.20 Å². The van der Waals surface area contributed by atoms with Gasteiger partial charge in [-0.15, -0.1) is 0 Å². The molecular weight excluding hydrogens is 439 g/mol. The minimum absolute atomic E-state index is 0.0552. The third kappa shape index (κ3) is 6.94. The highest BCUT2D eigenvalue weighted by Gasteiger charge is 2.56. The average molecular weight is 485 g/mol. The molecule has 0 radical (unpaired) electrons. The van der Waals surface area contributed by atoms with Crippen LogP contribution in [0.15, 0.2) is 12.3 Å². The van der Waals surface area contributed by atoms with Gasteiger partial charge in [0.1, 0.15) is 0 Å². The molecule has 2 unspecified atom stereocenters. The van der Waals surface area contributed by atoms with Gasteiger partial charge in [-0.05, 0) is 75.2 Å². The molecule has 1 N–H and O–H groups in total. The van der Waals surface area contributed by atoms with Crippen molar-refractivity contribution in [3.8, 4) is 0 Å². The standard InChI is InChI=1S/C25H45FN2O2SSi/c1-22(2,3)15-18-14-19(21(26)27-16-18)20(17-28-31(29)23(4,5)6)25(12-13-25)30-32(10,11)24(7,8)9/h14,16,20,28H,12-13,15,17H2,1-11H3. The average Bonchev–Trinajstić information content (AvgIpc) is 3.33. The molecule has 1 fully saturated rings. The molecule has 1 aliphatic rings. The van der Waals surface area contributed by atoms with Crippen LogP contribution in [0.5, 0.6) is 0 Å². The second-order valence-corrected chi connectivity index (χ2v) is 19.9. The van der Waals surface area contributed by atoms with E-state index in [0.29, 0.717) is 12.1 Å². The van der Waals surface area contributed by atoms with Crippen LogP contribution in [0.3, 0.4) is 0 Å². The maximum absolute atomic E-state index is 15.2. The zero-order valence-electron chi connectivity index (χ0n) is 22.1. The lowest BCUT2D eigenvalue weighted by Crippen LogP contribution is -2.48. The van der Waals surface area contributed by atoms with Crippen molar-refractivity contribution in [3.63, 3.8) is 0 Å². The lowest BCUT2D eigenvalue weighted by atomic mass is 9.86. The van der Waals surface area contributed by atoms with E-state index in [4.69, 9.17) is 4.43 Å². The first-order valence-corrected chi connectivity index (χ1v) is 15.8. The Bertz CT molecular complexity index is 834. The van der Waals surface area contributed by atoms with Crippen molar-refractivity contribution in [1.82, 2.24) is 9.71 Å². The Kier molecular flexibility index (Phi) is 7.93. The fourth-order valence-electron chi connectivity index (χ4n) is 3.73. The van der Waals surface area contributed by atoms with E-state index >= 15 is 4.39 Å². The quantitative estimate of drug-likeness (QED) is 0.338. The van der Waals surface area contributed by atoms with Gasteiger partial charge in [-0.1, -0.05) is 41.5 Å². The van der Waals surface area contributed by atoms with E-state index in [1.165, 1.54) is 0 Å². The molecular formula is C25H45FN2O2SSi. The Hall–Kier alpha value is -0.633. The van der Waals surface area contributed by atoms with Crippen molar-refractivity contribution in [3.05, 3.63) is 29.3 Å². The SMILES string of the molecule is CC(C)(C)Cc1cnc(F)c(C(CNS(=O)C(C)(C)C)C2(O[Si](C)(C)C(C)(C)C)CC2)c1. The van der Waals surface area contributed by atoms with E-state index in [1.807, 2.05) is 26.8 Å². The topological polar surface area (TPSA) is 51.2 Å². The smallest absolute Gasteiger partial charge is 0.216 e. The lowest BCUT2D eigenvalue weighted by Gasteiger charge is -2.42. The van der Waals surface area contributed by atoms with Gasteiger partial charge in [0.2, 0.25) is 5.95 Å². The number of hydrogen-bond donors (Lipinski definition) is 1. The molecule has 1 aromatic heterocycles. The van der Waals surface area contributed by atoms with Crippen LogP contribution in [0, 0.1) is 11.4 Å². The van der Waals surface area contributed by atoms with E-state index in [-0.39, 0.29) is 16.4 Å². The zero-order chi connectivity index (χ0) is 24.8. The lowest BCUT2D eigenvalue weighted by molar-refractivity contribution is 0.126. The largest absolute Gasteiger partial charge is 0.411 e. The van der Waals surface area contributed by atoms with Gasteiger partial charge in [0.25, 0.3) is 0 Å². The zero-order valence-corrected chi connectivity index (χ0v) is 23.9. The van der Waals surface area contributed by atoms with Gasteiger partial charge < -0.3 is 4.43 Å². The van der Waals surface area contributed by atoms with Gasteiger partial charge in [0.15, 0.2) is 8.32 Å². The maximum atomic E-state index is 15.2. The number of aromatic nitrogens is 1. The molecule has 0 amide bonds. The van der Waals surface area contributed by atoms with E-state index in [2.05, 4.69) is 64.3 Å². The number of halogens is 1. The van der Waals surface area contributed by atoms with Gasteiger partial charge in [-0.2, -0.15) is 4.39 Å². The monoisotopic (exact) mass is 484 g/mol. The van der Waals surface area contributed by atoms with E-state index in [9.17, 15) is 4.21 Å². The number of nitrogens with one attached hydrogen (secondary N) is 1. The molecule has 2 rings (SSSR count). The van der Waals surface area contributed by atoms with Gasteiger partial charge in [-0.3, -0.25) is 0 Å². The Morgan fingerprint density at radius 2 is 1.72 bits per heavy atom. The fraction of sp³-hybridized carbons (Fsp3) is 0.800. The molecule has 0 saturated heterocycles. The summed E-state index contributed by atoms with van der Waals surface area (Å²) in [5.74, 6) is -0.684. The normalized spacial score (nSPS) is 19.0. The summed E-state index contributed by atoms with van der Waals surface area (Å²) in [6, 6.07) is 1.97. The summed E-state index contributed by atoms with van der Waals surface area (Å²) in [5.41, 5.74) is 1.26. The second-order valence-electron chi connectivity index (χ2n) is 13.2. The molecule has 0 aromatic carbocycles. The molecule has 0 bridgehead atoms. The van der Waals surface area contributed by atoms with Gasteiger partial charge in [0, 0.05) is 24.2 Å². The molecule has 1 aliphatic carbocycles. The predicted octanol–water partition coefficient (Wildman–Crippen LogP) is 6.50. The highest BCUT2D eigenvalue weighted by molar-refractivity contribution is 7.84.